The van der Waals surface area contributed by atoms with Crippen molar-refractivity contribution in [2.75, 3.05) is 19.6 Å². The largest absolute Gasteiger partial charge is 0.370 e. The van der Waals surface area contributed by atoms with Gasteiger partial charge in [-0.15, -0.1) is 41.9 Å². The van der Waals surface area contributed by atoms with Crippen molar-refractivity contribution in [2.45, 2.75) is 18.7 Å². The van der Waals surface area contributed by atoms with Crippen LogP contribution in [0.5, 0.6) is 0 Å². The molecular weight excluding hydrogens is 423 g/mol. The van der Waals surface area contributed by atoms with Crippen LogP contribution in [0.2, 0.25) is 0 Å². The van der Waals surface area contributed by atoms with Crippen molar-refractivity contribution in [3.63, 3.8) is 0 Å². The maximum atomic E-state index is 12.1. The summed E-state index contributed by atoms with van der Waals surface area (Å²) in [5.41, 5.74) is 5.56. The van der Waals surface area contributed by atoms with E-state index in [1.807, 2.05) is 6.92 Å². The van der Waals surface area contributed by atoms with Gasteiger partial charge in [0.15, 0.2) is 5.96 Å². The second-order valence-corrected chi connectivity index (χ2v) is 7.31. The molecule has 0 saturated heterocycles. The van der Waals surface area contributed by atoms with Crippen molar-refractivity contribution in [1.82, 2.24) is 10.0 Å². The smallest absolute Gasteiger partial charge is 0.241 e. The van der Waals surface area contributed by atoms with Crippen LogP contribution in [0.4, 0.5) is 0 Å². The van der Waals surface area contributed by atoms with Crippen molar-refractivity contribution < 1.29 is 8.42 Å². The summed E-state index contributed by atoms with van der Waals surface area (Å²) in [6.45, 7) is 8.22. The fourth-order valence-electron chi connectivity index (χ4n) is 1.54. The summed E-state index contributed by atoms with van der Waals surface area (Å²) in [5, 5.41) is 2.81. The molecule has 0 saturated carbocycles. The van der Waals surface area contributed by atoms with Crippen LogP contribution < -0.4 is 15.8 Å². The number of guanidine groups is 1. The lowest BCUT2D eigenvalue weighted by molar-refractivity contribution is 0.582. The molecule has 0 aliphatic rings. The third-order valence-corrected chi connectivity index (χ3v) is 5.08. The number of rotatable bonds is 7. The molecule has 0 aliphatic carbocycles. The lowest BCUT2D eigenvalue weighted by atomic mass is 10.4. The first kappa shape index (κ1) is 20.3. The molecule has 9 heteroatoms. The van der Waals surface area contributed by atoms with Gasteiger partial charge in [-0.1, -0.05) is 6.08 Å². The highest BCUT2D eigenvalue weighted by Crippen LogP contribution is 2.24. The van der Waals surface area contributed by atoms with Crippen molar-refractivity contribution >= 4 is 51.3 Å². The highest BCUT2D eigenvalue weighted by molar-refractivity contribution is 14.0. The number of sulfonamides is 1. The Kier molecular flexibility index (Phi) is 9.09. The quantitative estimate of drug-likeness (QED) is 0.195. The first-order chi connectivity index (χ1) is 9.36. The van der Waals surface area contributed by atoms with Crippen LogP contribution >= 0.6 is 35.3 Å². The molecule has 0 aromatic carbocycles. The van der Waals surface area contributed by atoms with Crippen molar-refractivity contribution in [2.24, 2.45) is 10.7 Å². The maximum absolute atomic E-state index is 12.1. The molecule has 0 atom stereocenters. The van der Waals surface area contributed by atoms with E-state index in [0.29, 0.717) is 11.4 Å². The zero-order valence-electron chi connectivity index (χ0n) is 12.0. The highest BCUT2D eigenvalue weighted by atomic mass is 127. The molecule has 1 rings (SSSR count). The van der Waals surface area contributed by atoms with Gasteiger partial charge in [-0.05, 0) is 19.9 Å². The Hall–Kier alpha value is -0.650. The van der Waals surface area contributed by atoms with E-state index in [0.717, 1.165) is 9.75 Å². The first-order valence-electron chi connectivity index (χ1n) is 6.08. The van der Waals surface area contributed by atoms with Gasteiger partial charge in [-0.2, -0.15) is 0 Å². The Morgan fingerprint density at radius 2 is 2.19 bits per heavy atom. The number of nitrogens with two attached hydrogens (primary N) is 1. The van der Waals surface area contributed by atoms with Crippen molar-refractivity contribution in [1.29, 1.82) is 0 Å². The average molecular weight is 444 g/mol. The van der Waals surface area contributed by atoms with E-state index >= 15 is 0 Å². The van der Waals surface area contributed by atoms with Crippen LogP contribution in [-0.2, 0) is 10.0 Å². The fraction of sp³-hybridized carbons (Fsp3) is 0.417. The van der Waals surface area contributed by atoms with Crippen LogP contribution in [0.25, 0.3) is 0 Å². The van der Waals surface area contributed by atoms with Gasteiger partial charge in [0.2, 0.25) is 10.0 Å². The van der Waals surface area contributed by atoms with Gasteiger partial charge in [0, 0.05) is 22.8 Å². The Morgan fingerprint density at radius 1 is 1.52 bits per heavy atom. The summed E-state index contributed by atoms with van der Waals surface area (Å²) in [4.78, 5) is 6.09. The average Bonchev–Trinajstić information content (AvgIpc) is 2.72. The molecule has 0 bridgehead atoms. The SMILES string of the molecule is C=CCNC(N)=NCCNS(=O)(=O)c1cc(C)sc1C.I. The van der Waals surface area contributed by atoms with Gasteiger partial charge >= 0.3 is 0 Å². The molecule has 0 amide bonds. The normalized spacial score (nSPS) is 11.8. The van der Waals surface area contributed by atoms with Gasteiger partial charge in [0.25, 0.3) is 0 Å². The number of aryl methyl sites for hydroxylation is 2. The maximum Gasteiger partial charge on any atom is 0.241 e. The predicted molar refractivity (Wildman–Crippen MR) is 99.1 cm³/mol. The molecule has 4 N–H and O–H groups in total. The minimum absolute atomic E-state index is 0. The van der Waals surface area contributed by atoms with Gasteiger partial charge in [0.05, 0.1) is 11.4 Å². The van der Waals surface area contributed by atoms with Crippen LogP contribution in [0.1, 0.15) is 9.75 Å². The van der Waals surface area contributed by atoms with E-state index in [4.69, 9.17) is 5.73 Å². The number of nitrogens with zero attached hydrogens (tertiary/aromatic N) is 1. The Morgan fingerprint density at radius 3 is 2.71 bits per heavy atom. The van der Waals surface area contributed by atoms with E-state index in [1.54, 1.807) is 19.1 Å². The third-order valence-electron chi connectivity index (χ3n) is 2.40. The molecule has 6 nitrogen and oxygen atoms in total. The number of aliphatic imine (C=N–C) groups is 1. The van der Waals surface area contributed by atoms with Gasteiger partial charge in [-0.25, -0.2) is 13.1 Å². The highest BCUT2D eigenvalue weighted by Gasteiger charge is 2.18. The van der Waals surface area contributed by atoms with Crippen LogP contribution in [0.3, 0.4) is 0 Å². The predicted octanol–water partition coefficient (Wildman–Crippen LogP) is 1.35. The zero-order valence-corrected chi connectivity index (χ0v) is 16.0. The Labute approximate surface area is 147 Å². The fourth-order valence-corrected chi connectivity index (χ4v) is 4.11. The van der Waals surface area contributed by atoms with E-state index in [1.165, 1.54) is 11.3 Å². The van der Waals surface area contributed by atoms with E-state index in [9.17, 15) is 8.42 Å². The van der Waals surface area contributed by atoms with Gasteiger partial charge < -0.3 is 11.1 Å². The van der Waals surface area contributed by atoms with E-state index in [2.05, 4.69) is 21.6 Å². The van der Waals surface area contributed by atoms with Gasteiger partial charge in [0.1, 0.15) is 0 Å². The van der Waals surface area contributed by atoms with Gasteiger partial charge in [-0.3, -0.25) is 4.99 Å². The number of hydrogen-bond donors (Lipinski definition) is 3. The molecule has 0 fully saturated rings. The summed E-state index contributed by atoms with van der Waals surface area (Å²) in [5.74, 6) is 0.270. The Balaban J connectivity index is 0.00000400. The minimum atomic E-state index is -3.47. The molecule has 1 aromatic heterocycles. The molecule has 120 valence electrons. The number of hydrogen-bond acceptors (Lipinski definition) is 4. The summed E-state index contributed by atoms with van der Waals surface area (Å²) in [6, 6.07) is 1.67. The van der Waals surface area contributed by atoms with E-state index in [-0.39, 0.29) is 43.0 Å². The molecular formula is C12H21IN4O2S2. The van der Waals surface area contributed by atoms with Crippen molar-refractivity contribution in [3.05, 3.63) is 28.5 Å². The molecule has 1 heterocycles. The second kappa shape index (κ2) is 9.38. The molecule has 0 unspecified atom stereocenters. The summed E-state index contributed by atoms with van der Waals surface area (Å²) < 4.78 is 26.6. The molecule has 21 heavy (non-hydrogen) atoms. The van der Waals surface area contributed by atoms with Crippen LogP contribution in [-0.4, -0.2) is 34.0 Å². The third kappa shape index (κ3) is 6.76. The topological polar surface area (TPSA) is 96.6 Å². The van der Waals surface area contributed by atoms with Crippen molar-refractivity contribution in [3.8, 4) is 0 Å². The minimum Gasteiger partial charge on any atom is -0.370 e. The monoisotopic (exact) mass is 444 g/mol. The summed E-state index contributed by atoms with van der Waals surface area (Å²) >= 11 is 1.46. The standard InChI is InChI=1S/C12H20N4O2S2.HI/c1-4-5-14-12(13)15-6-7-16-20(17,18)11-8-9(2)19-10(11)3;/h4,8,16H,1,5-7H2,2-3H3,(H3,13,14,15);1H. The number of nitrogens with one attached hydrogen (secondary N) is 2. The molecule has 0 radical (unpaired) electrons. The summed E-state index contributed by atoms with van der Waals surface area (Å²) in [6.07, 6.45) is 1.66. The lowest BCUT2D eigenvalue weighted by Gasteiger charge is -2.05. The lowest BCUT2D eigenvalue weighted by Crippen LogP contribution is -2.33. The van der Waals surface area contributed by atoms with Crippen LogP contribution in [0, 0.1) is 13.8 Å². The number of thiophene rings is 1. The molecule has 0 aliphatic heterocycles. The molecule has 1 aromatic rings. The zero-order chi connectivity index (χ0) is 15.2. The number of halogens is 1. The van der Waals surface area contributed by atoms with Crippen LogP contribution in [0.15, 0.2) is 28.6 Å². The van der Waals surface area contributed by atoms with E-state index < -0.39 is 10.0 Å². The molecule has 0 spiro atoms. The Bertz CT molecular complexity index is 596. The summed E-state index contributed by atoms with van der Waals surface area (Å²) in [7, 11) is -3.47. The second-order valence-electron chi connectivity index (χ2n) is 4.11. The first-order valence-corrected chi connectivity index (χ1v) is 8.38.